The molecule has 0 radical (unpaired) electrons. The van der Waals surface area contributed by atoms with Crippen LogP contribution < -0.4 is 10.9 Å². The number of carbonyl (C=O) groups is 1. The number of H-pyrrole nitrogens is 1. The maximum atomic E-state index is 12.6. The van der Waals surface area contributed by atoms with Gasteiger partial charge in [0.25, 0.3) is 5.56 Å². The number of nitrogens with one attached hydrogen (secondary N) is 2. The Morgan fingerprint density at radius 2 is 2.07 bits per heavy atom. The van der Waals surface area contributed by atoms with Gasteiger partial charge in [-0.1, -0.05) is 12.1 Å². The number of anilines is 1. The van der Waals surface area contributed by atoms with E-state index < -0.39 is 0 Å². The van der Waals surface area contributed by atoms with Crippen LogP contribution in [0.3, 0.4) is 0 Å². The zero-order valence-electron chi connectivity index (χ0n) is 17.9. The second-order valence-electron chi connectivity index (χ2n) is 7.48. The van der Waals surface area contributed by atoms with E-state index in [1.807, 2.05) is 58.9 Å². The SMILES string of the molecule is Cc1sc2nc(CSC(C)C(=O)Nc3cccc(COC(C)C)c3)[nH]c(=O)c2c1C. The van der Waals surface area contributed by atoms with Crippen molar-refractivity contribution in [3.8, 4) is 0 Å². The Kier molecular flexibility index (Phi) is 7.33. The molecule has 0 saturated heterocycles. The average molecular weight is 446 g/mol. The Labute approximate surface area is 184 Å². The van der Waals surface area contributed by atoms with Gasteiger partial charge in [0, 0.05) is 10.6 Å². The van der Waals surface area contributed by atoms with Gasteiger partial charge in [0.15, 0.2) is 0 Å². The van der Waals surface area contributed by atoms with Crippen LogP contribution in [0.4, 0.5) is 5.69 Å². The molecule has 0 aliphatic carbocycles. The van der Waals surface area contributed by atoms with Gasteiger partial charge in [-0.3, -0.25) is 9.59 Å². The molecule has 0 aliphatic heterocycles. The van der Waals surface area contributed by atoms with Crippen LogP contribution in [-0.4, -0.2) is 27.2 Å². The third kappa shape index (κ3) is 5.50. The number of hydrogen-bond donors (Lipinski definition) is 2. The summed E-state index contributed by atoms with van der Waals surface area (Å²) in [4.78, 5) is 34.3. The molecule has 8 heteroatoms. The summed E-state index contributed by atoms with van der Waals surface area (Å²) < 4.78 is 5.62. The van der Waals surface area contributed by atoms with E-state index in [0.717, 1.165) is 26.5 Å². The Morgan fingerprint density at radius 1 is 1.30 bits per heavy atom. The fourth-order valence-corrected chi connectivity index (χ4v) is 4.70. The number of thiophene rings is 1. The van der Waals surface area contributed by atoms with Crippen molar-refractivity contribution in [3.63, 3.8) is 0 Å². The van der Waals surface area contributed by atoms with E-state index in [9.17, 15) is 9.59 Å². The lowest BCUT2D eigenvalue weighted by Gasteiger charge is -2.13. The predicted molar refractivity (Wildman–Crippen MR) is 125 cm³/mol. The fourth-order valence-electron chi connectivity index (χ4n) is 2.89. The fraction of sp³-hybridized carbons (Fsp3) is 0.409. The first-order valence-electron chi connectivity index (χ1n) is 9.86. The number of ether oxygens (including phenoxy) is 1. The van der Waals surface area contributed by atoms with Crippen molar-refractivity contribution in [3.05, 3.63) is 56.4 Å². The Bertz CT molecular complexity index is 1100. The highest BCUT2D eigenvalue weighted by molar-refractivity contribution is 7.99. The third-order valence-corrected chi connectivity index (χ3v) is 6.96. The minimum atomic E-state index is -0.298. The number of fused-ring (bicyclic) bond motifs is 1. The molecule has 160 valence electrons. The van der Waals surface area contributed by atoms with E-state index in [-0.39, 0.29) is 22.8 Å². The van der Waals surface area contributed by atoms with Crippen molar-refractivity contribution in [2.75, 3.05) is 5.32 Å². The van der Waals surface area contributed by atoms with Gasteiger partial charge in [0.1, 0.15) is 10.7 Å². The van der Waals surface area contributed by atoms with E-state index in [2.05, 4.69) is 15.3 Å². The van der Waals surface area contributed by atoms with E-state index in [4.69, 9.17) is 4.74 Å². The number of aromatic nitrogens is 2. The third-order valence-electron chi connectivity index (χ3n) is 4.71. The quantitative estimate of drug-likeness (QED) is 0.521. The highest BCUT2D eigenvalue weighted by Gasteiger charge is 2.16. The predicted octanol–water partition coefficient (Wildman–Crippen LogP) is 4.79. The smallest absolute Gasteiger partial charge is 0.259 e. The van der Waals surface area contributed by atoms with Crippen LogP contribution in [0.2, 0.25) is 0 Å². The zero-order valence-corrected chi connectivity index (χ0v) is 19.5. The maximum absolute atomic E-state index is 12.6. The van der Waals surface area contributed by atoms with Gasteiger partial charge >= 0.3 is 0 Å². The average Bonchev–Trinajstić information content (AvgIpc) is 2.98. The van der Waals surface area contributed by atoms with E-state index in [0.29, 0.717) is 23.6 Å². The summed E-state index contributed by atoms with van der Waals surface area (Å²) in [7, 11) is 0. The van der Waals surface area contributed by atoms with E-state index in [1.165, 1.54) is 23.1 Å². The number of aryl methyl sites for hydroxylation is 2. The summed E-state index contributed by atoms with van der Waals surface area (Å²) in [6.45, 7) is 10.3. The number of nitrogens with zero attached hydrogens (tertiary/aromatic N) is 1. The Hall–Kier alpha value is -2.16. The van der Waals surface area contributed by atoms with Crippen LogP contribution in [-0.2, 0) is 21.9 Å². The molecule has 0 bridgehead atoms. The van der Waals surface area contributed by atoms with Gasteiger partial charge in [0.2, 0.25) is 5.91 Å². The summed E-state index contributed by atoms with van der Waals surface area (Å²) in [5.41, 5.74) is 2.62. The molecule has 0 aliphatic rings. The molecular formula is C22H27N3O3S2. The largest absolute Gasteiger partial charge is 0.374 e. The lowest BCUT2D eigenvalue weighted by molar-refractivity contribution is -0.115. The first-order valence-corrected chi connectivity index (χ1v) is 11.7. The number of benzene rings is 1. The lowest BCUT2D eigenvalue weighted by Crippen LogP contribution is -2.23. The van der Waals surface area contributed by atoms with Gasteiger partial charge in [-0.25, -0.2) is 4.98 Å². The summed E-state index contributed by atoms with van der Waals surface area (Å²) in [6.07, 6.45) is 0.154. The van der Waals surface area contributed by atoms with Crippen molar-refractivity contribution in [1.29, 1.82) is 0 Å². The van der Waals surface area contributed by atoms with E-state index in [1.54, 1.807) is 0 Å². The molecular weight excluding hydrogens is 418 g/mol. The highest BCUT2D eigenvalue weighted by Crippen LogP contribution is 2.26. The molecule has 0 fully saturated rings. The molecule has 0 spiro atoms. The highest BCUT2D eigenvalue weighted by atomic mass is 32.2. The second-order valence-corrected chi connectivity index (χ2v) is 10.0. The van der Waals surface area contributed by atoms with Crippen LogP contribution in [0.1, 0.15) is 42.6 Å². The molecule has 1 unspecified atom stereocenters. The topological polar surface area (TPSA) is 84.1 Å². The van der Waals surface area contributed by atoms with Gasteiger partial charge in [-0.05, 0) is 57.9 Å². The molecule has 3 aromatic rings. The number of rotatable bonds is 8. The van der Waals surface area contributed by atoms with Crippen molar-refractivity contribution in [2.24, 2.45) is 0 Å². The molecule has 0 saturated carbocycles. The van der Waals surface area contributed by atoms with E-state index >= 15 is 0 Å². The van der Waals surface area contributed by atoms with Crippen LogP contribution in [0.15, 0.2) is 29.1 Å². The van der Waals surface area contributed by atoms with Crippen molar-refractivity contribution in [2.45, 2.75) is 58.3 Å². The van der Waals surface area contributed by atoms with Crippen LogP contribution in [0.25, 0.3) is 10.2 Å². The number of hydrogen-bond acceptors (Lipinski definition) is 6. The summed E-state index contributed by atoms with van der Waals surface area (Å²) >= 11 is 2.97. The van der Waals surface area contributed by atoms with Gasteiger partial charge in [0.05, 0.1) is 29.1 Å². The van der Waals surface area contributed by atoms with Crippen LogP contribution in [0, 0.1) is 13.8 Å². The van der Waals surface area contributed by atoms with Crippen molar-refractivity contribution >= 4 is 44.9 Å². The lowest BCUT2D eigenvalue weighted by atomic mass is 10.2. The summed E-state index contributed by atoms with van der Waals surface area (Å²) in [5, 5.41) is 3.32. The number of amides is 1. The minimum absolute atomic E-state index is 0.0897. The Balaban J connectivity index is 1.60. The zero-order chi connectivity index (χ0) is 21.8. The monoisotopic (exact) mass is 445 g/mol. The van der Waals surface area contributed by atoms with Gasteiger partial charge in [-0.15, -0.1) is 23.1 Å². The van der Waals surface area contributed by atoms with Gasteiger partial charge < -0.3 is 15.0 Å². The normalized spacial score (nSPS) is 12.5. The second kappa shape index (κ2) is 9.76. The molecule has 1 aromatic carbocycles. The molecule has 1 atom stereocenters. The first-order chi connectivity index (χ1) is 14.2. The summed E-state index contributed by atoms with van der Waals surface area (Å²) in [5.74, 6) is 0.956. The standard InChI is InChI=1S/C22H27N3O3S2/c1-12(2)28-10-16-7-6-8-17(9-16)23-20(26)15(5)29-11-18-24-21(27)19-13(3)14(4)30-22(19)25-18/h6-9,12,15H,10-11H2,1-5H3,(H,23,26)(H,24,25,27). The molecule has 2 N–H and O–H groups in total. The number of carbonyl (C=O) groups excluding carboxylic acids is 1. The van der Waals surface area contributed by atoms with Crippen LogP contribution >= 0.6 is 23.1 Å². The molecule has 6 nitrogen and oxygen atoms in total. The first kappa shape index (κ1) is 22.5. The minimum Gasteiger partial charge on any atom is -0.374 e. The molecule has 30 heavy (non-hydrogen) atoms. The van der Waals surface area contributed by atoms with Crippen LogP contribution in [0.5, 0.6) is 0 Å². The number of aromatic amines is 1. The van der Waals surface area contributed by atoms with Gasteiger partial charge in [-0.2, -0.15) is 0 Å². The summed E-state index contributed by atoms with van der Waals surface area (Å²) in [6, 6.07) is 7.67. The maximum Gasteiger partial charge on any atom is 0.259 e. The molecule has 1 amide bonds. The molecule has 3 rings (SSSR count). The Morgan fingerprint density at radius 3 is 2.80 bits per heavy atom. The van der Waals surface area contributed by atoms with Crippen molar-refractivity contribution < 1.29 is 9.53 Å². The van der Waals surface area contributed by atoms with Crippen molar-refractivity contribution in [1.82, 2.24) is 9.97 Å². The molecule has 2 aromatic heterocycles. The molecule has 2 heterocycles. The number of thioether (sulfide) groups is 1.